The number of nitrogens with zero attached hydrogens (tertiary/aromatic N) is 3. The molecule has 0 amide bonds. The summed E-state index contributed by atoms with van der Waals surface area (Å²) in [6.07, 6.45) is -1.49. The van der Waals surface area contributed by atoms with Gasteiger partial charge < -0.3 is 15.4 Å². The van der Waals surface area contributed by atoms with Crippen molar-refractivity contribution in [3.63, 3.8) is 0 Å². The monoisotopic (exact) mass is 430 g/mol. The van der Waals surface area contributed by atoms with E-state index in [-0.39, 0.29) is 10.8 Å². The van der Waals surface area contributed by atoms with Crippen LogP contribution >= 0.6 is 12.2 Å². The maximum atomic E-state index is 12.8. The molecule has 0 aliphatic rings. The lowest BCUT2D eigenvalue weighted by Gasteiger charge is -2.13. The number of anilines is 2. The fourth-order valence-electron chi connectivity index (χ4n) is 2.61. The van der Waals surface area contributed by atoms with Crippen LogP contribution in [-0.2, 0) is 6.18 Å². The molecule has 0 aliphatic heterocycles. The van der Waals surface area contributed by atoms with Gasteiger partial charge in [0.1, 0.15) is 17.5 Å². The van der Waals surface area contributed by atoms with Crippen LogP contribution in [0.4, 0.5) is 24.5 Å². The maximum absolute atomic E-state index is 12.8. The lowest BCUT2D eigenvalue weighted by Crippen LogP contribution is -2.19. The van der Waals surface area contributed by atoms with Crippen molar-refractivity contribution in [3.05, 3.63) is 66.6 Å². The van der Waals surface area contributed by atoms with E-state index in [2.05, 4.69) is 30.8 Å². The lowest BCUT2D eigenvalue weighted by molar-refractivity contribution is -0.137. The number of ether oxygens (including phenoxy) is 1. The molecule has 0 aliphatic carbocycles. The van der Waals surface area contributed by atoms with Crippen LogP contribution in [0.3, 0.4) is 0 Å². The number of nitrogens with one attached hydrogen (secondary N) is 3. The highest BCUT2D eigenvalue weighted by molar-refractivity contribution is 7.80. The fourth-order valence-corrected chi connectivity index (χ4v) is 2.84. The number of fused-ring (bicyclic) bond motifs is 1. The fraction of sp³-hybridized carbons (Fsp3) is 0.0526. The van der Waals surface area contributed by atoms with Crippen LogP contribution in [0.1, 0.15) is 5.56 Å². The van der Waals surface area contributed by atoms with Gasteiger partial charge in [-0.3, -0.25) is 5.10 Å². The van der Waals surface area contributed by atoms with E-state index in [0.29, 0.717) is 28.4 Å². The number of alkyl halides is 3. The van der Waals surface area contributed by atoms with Crippen molar-refractivity contribution in [1.82, 2.24) is 20.2 Å². The zero-order chi connectivity index (χ0) is 21.1. The highest BCUT2D eigenvalue weighted by Gasteiger charge is 2.30. The topological polar surface area (TPSA) is 87.8 Å². The second-order valence-electron chi connectivity index (χ2n) is 6.10. The molecule has 2 aromatic carbocycles. The molecule has 0 saturated carbocycles. The van der Waals surface area contributed by atoms with Gasteiger partial charge in [0.25, 0.3) is 0 Å². The summed E-state index contributed by atoms with van der Waals surface area (Å²) in [7, 11) is 0. The number of hydrogen-bond acceptors (Lipinski definition) is 5. The predicted molar refractivity (Wildman–Crippen MR) is 109 cm³/mol. The van der Waals surface area contributed by atoms with E-state index >= 15 is 0 Å². The minimum absolute atomic E-state index is 0.152. The zero-order valence-corrected chi connectivity index (χ0v) is 15.9. The standard InChI is InChI=1S/C19H13F3N6OS/c20-19(21,22)11-2-1-3-13(8-11)27-18(30)26-12-4-6-14(7-5-12)29-17-15-9-25-28-16(15)23-10-24-17/h1-10H,(H2,26,27,30)(H,23,24,25,28). The summed E-state index contributed by atoms with van der Waals surface area (Å²) in [4.78, 5) is 8.14. The highest BCUT2D eigenvalue weighted by Crippen LogP contribution is 2.31. The SMILES string of the molecule is FC(F)(F)c1cccc(NC(=S)Nc2ccc(Oc3ncnc4[nH]ncc34)cc2)c1. The van der Waals surface area contributed by atoms with E-state index in [4.69, 9.17) is 17.0 Å². The smallest absolute Gasteiger partial charge is 0.416 e. The minimum Gasteiger partial charge on any atom is -0.438 e. The quantitative estimate of drug-likeness (QED) is 0.394. The number of H-pyrrole nitrogens is 1. The molecule has 11 heteroatoms. The van der Waals surface area contributed by atoms with Gasteiger partial charge in [-0.15, -0.1) is 0 Å². The van der Waals surface area contributed by atoms with Crippen molar-refractivity contribution in [1.29, 1.82) is 0 Å². The molecular weight excluding hydrogens is 417 g/mol. The summed E-state index contributed by atoms with van der Waals surface area (Å²) in [6.45, 7) is 0. The van der Waals surface area contributed by atoms with Gasteiger partial charge >= 0.3 is 6.18 Å². The van der Waals surface area contributed by atoms with Gasteiger partial charge in [-0.1, -0.05) is 6.07 Å². The van der Waals surface area contributed by atoms with Crippen molar-refractivity contribution >= 4 is 39.7 Å². The molecule has 0 radical (unpaired) electrons. The van der Waals surface area contributed by atoms with E-state index in [1.54, 1.807) is 30.5 Å². The number of rotatable bonds is 4. The summed E-state index contributed by atoms with van der Waals surface area (Å²) in [6, 6.07) is 11.6. The van der Waals surface area contributed by atoms with Crippen molar-refractivity contribution in [2.75, 3.05) is 10.6 Å². The molecule has 4 aromatic rings. The van der Waals surface area contributed by atoms with Gasteiger partial charge in [-0.25, -0.2) is 9.97 Å². The van der Waals surface area contributed by atoms with Crippen LogP contribution in [0.2, 0.25) is 0 Å². The third-order valence-electron chi connectivity index (χ3n) is 3.99. The lowest BCUT2D eigenvalue weighted by atomic mass is 10.2. The molecule has 4 rings (SSSR count). The van der Waals surface area contributed by atoms with Crippen LogP contribution in [0, 0.1) is 0 Å². The van der Waals surface area contributed by atoms with Gasteiger partial charge in [-0.05, 0) is 54.7 Å². The summed E-state index contributed by atoms with van der Waals surface area (Å²) in [5, 5.41) is 13.1. The van der Waals surface area contributed by atoms with E-state index in [0.717, 1.165) is 12.1 Å². The number of thiocarbonyl (C=S) groups is 1. The Balaban J connectivity index is 1.40. The highest BCUT2D eigenvalue weighted by atomic mass is 32.1. The minimum atomic E-state index is -4.42. The summed E-state index contributed by atoms with van der Waals surface area (Å²) >= 11 is 5.17. The third kappa shape index (κ3) is 4.46. The molecule has 0 fully saturated rings. The Morgan fingerprint density at radius 3 is 2.53 bits per heavy atom. The predicted octanol–water partition coefficient (Wildman–Crippen LogP) is 4.97. The first-order chi connectivity index (χ1) is 14.4. The van der Waals surface area contributed by atoms with Crippen molar-refractivity contribution in [2.24, 2.45) is 0 Å². The van der Waals surface area contributed by atoms with Crippen LogP contribution in [-0.4, -0.2) is 25.3 Å². The number of aromatic nitrogens is 4. The second kappa shape index (κ2) is 7.95. The van der Waals surface area contributed by atoms with Gasteiger partial charge in [-0.2, -0.15) is 18.3 Å². The molecular formula is C19H13F3N6OS. The average molecular weight is 430 g/mol. The third-order valence-corrected chi connectivity index (χ3v) is 4.19. The molecule has 0 atom stereocenters. The summed E-state index contributed by atoms with van der Waals surface area (Å²) < 4.78 is 44.2. The Morgan fingerprint density at radius 1 is 1.00 bits per heavy atom. The van der Waals surface area contributed by atoms with Crippen molar-refractivity contribution in [2.45, 2.75) is 6.18 Å². The molecule has 0 unspecified atom stereocenters. The first-order valence-corrected chi connectivity index (χ1v) is 8.96. The Bertz CT molecular complexity index is 1190. The van der Waals surface area contributed by atoms with Gasteiger partial charge in [0.05, 0.1) is 11.8 Å². The molecule has 2 heterocycles. The van der Waals surface area contributed by atoms with E-state index in [9.17, 15) is 13.2 Å². The zero-order valence-electron chi connectivity index (χ0n) is 15.1. The van der Waals surface area contributed by atoms with E-state index in [1.807, 2.05) is 0 Å². The molecule has 3 N–H and O–H groups in total. The Hall–Kier alpha value is -3.73. The first-order valence-electron chi connectivity index (χ1n) is 8.56. The van der Waals surface area contributed by atoms with Crippen LogP contribution in [0.15, 0.2) is 61.1 Å². The largest absolute Gasteiger partial charge is 0.438 e. The van der Waals surface area contributed by atoms with Gasteiger partial charge in [0, 0.05) is 11.4 Å². The normalized spacial score (nSPS) is 11.3. The van der Waals surface area contributed by atoms with E-state index in [1.165, 1.54) is 18.5 Å². The van der Waals surface area contributed by atoms with Crippen LogP contribution in [0.25, 0.3) is 11.0 Å². The molecule has 2 aromatic heterocycles. The molecule has 30 heavy (non-hydrogen) atoms. The summed E-state index contributed by atoms with van der Waals surface area (Å²) in [5.74, 6) is 0.884. The molecule has 0 saturated heterocycles. The Kier molecular flexibility index (Phi) is 5.19. The number of hydrogen-bond donors (Lipinski definition) is 3. The Labute approximate surface area is 173 Å². The first kappa shape index (κ1) is 19.6. The van der Waals surface area contributed by atoms with E-state index < -0.39 is 11.7 Å². The molecule has 0 bridgehead atoms. The number of aromatic amines is 1. The molecule has 7 nitrogen and oxygen atoms in total. The molecule has 152 valence electrons. The maximum Gasteiger partial charge on any atom is 0.416 e. The second-order valence-corrected chi connectivity index (χ2v) is 6.50. The van der Waals surface area contributed by atoms with Crippen LogP contribution < -0.4 is 15.4 Å². The summed E-state index contributed by atoms with van der Waals surface area (Å²) in [5.41, 5.74) is 0.663. The number of halogens is 3. The Morgan fingerprint density at radius 2 is 1.77 bits per heavy atom. The average Bonchev–Trinajstić information content (AvgIpc) is 3.19. The van der Waals surface area contributed by atoms with Gasteiger partial charge in [0.15, 0.2) is 10.8 Å². The van der Waals surface area contributed by atoms with Gasteiger partial charge in [0.2, 0.25) is 5.88 Å². The molecule has 0 spiro atoms. The van der Waals surface area contributed by atoms with Crippen molar-refractivity contribution in [3.8, 4) is 11.6 Å². The number of benzene rings is 2. The van der Waals surface area contributed by atoms with Crippen molar-refractivity contribution < 1.29 is 17.9 Å². The van der Waals surface area contributed by atoms with Crippen LogP contribution in [0.5, 0.6) is 11.6 Å².